The summed E-state index contributed by atoms with van der Waals surface area (Å²) >= 11 is 6.32. The smallest absolute Gasteiger partial charge is 0.266 e. The Morgan fingerprint density at radius 3 is 2.56 bits per heavy atom. The van der Waals surface area contributed by atoms with Crippen molar-refractivity contribution in [3.8, 4) is 5.69 Å². The third-order valence-electron chi connectivity index (χ3n) is 3.83. The van der Waals surface area contributed by atoms with E-state index in [1.54, 1.807) is 42.7 Å². The zero-order valence-electron chi connectivity index (χ0n) is 13.1. The van der Waals surface area contributed by atoms with Crippen molar-refractivity contribution in [1.29, 1.82) is 0 Å². The molecule has 0 aliphatic rings. The summed E-state index contributed by atoms with van der Waals surface area (Å²) in [6, 6.07) is 18.1. The van der Waals surface area contributed by atoms with Gasteiger partial charge in [0.15, 0.2) is 0 Å². The number of halogens is 1. The molecule has 0 N–H and O–H groups in total. The minimum atomic E-state index is -0.169. The van der Waals surface area contributed by atoms with Gasteiger partial charge in [-0.3, -0.25) is 9.36 Å². The third-order valence-corrected chi connectivity index (χ3v) is 4.15. The van der Waals surface area contributed by atoms with Crippen LogP contribution in [0.15, 0.2) is 76.1 Å². The molecule has 0 aliphatic heterocycles. The second-order valence-corrected chi connectivity index (χ2v) is 5.84. The highest BCUT2D eigenvalue weighted by Gasteiger charge is 2.13. The lowest BCUT2D eigenvalue weighted by atomic mass is 10.2. The molecule has 4 aromatic rings. The van der Waals surface area contributed by atoms with Gasteiger partial charge in [-0.2, -0.15) is 0 Å². The van der Waals surface area contributed by atoms with Gasteiger partial charge in [-0.15, -0.1) is 0 Å². The molecule has 0 fully saturated rings. The number of rotatable bonds is 3. The molecule has 2 heterocycles. The first-order chi connectivity index (χ1) is 12.2. The lowest BCUT2D eigenvalue weighted by Gasteiger charge is -2.12. The number of para-hydroxylation sites is 2. The van der Waals surface area contributed by atoms with Crippen LogP contribution in [0.3, 0.4) is 0 Å². The van der Waals surface area contributed by atoms with Gasteiger partial charge in [-0.1, -0.05) is 35.9 Å². The third kappa shape index (κ3) is 2.88. The van der Waals surface area contributed by atoms with Crippen LogP contribution in [0.2, 0.25) is 5.02 Å². The lowest BCUT2D eigenvalue weighted by molar-refractivity contribution is 0.557. The molecule has 0 unspecified atom stereocenters. The van der Waals surface area contributed by atoms with Crippen molar-refractivity contribution in [2.45, 2.75) is 0 Å². The summed E-state index contributed by atoms with van der Waals surface area (Å²) in [5.74, 6) is 1.15. The second kappa shape index (κ2) is 6.42. The van der Waals surface area contributed by atoms with Crippen LogP contribution >= 0.6 is 11.6 Å². The number of nitrogens with zero attached hydrogens (tertiary/aromatic N) is 2. The van der Waals surface area contributed by atoms with Crippen LogP contribution in [-0.2, 0) is 0 Å². The fraction of sp³-hybridized carbons (Fsp3) is 0. The van der Waals surface area contributed by atoms with E-state index in [2.05, 4.69) is 4.98 Å². The molecule has 2 aromatic carbocycles. The normalized spacial score (nSPS) is 11.4. The summed E-state index contributed by atoms with van der Waals surface area (Å²) in [6.45, 7) is 0. The minimum Gasteiger partial charge on any atom is -0.465 e. The van der Waals surface area contributed by atoms with Crippen LogP contribution in [0.5, 0.6) is 0 Å². The molecule has 0 aliphatic carbocycles. The Morgan fingerprint density at radius 2 is 1.76 bits per heavy atom. The molecule has 0 radical (unpaired) electrons. The van der Waals surface area contributed by atoms with Crippen LogP contribution < -0.4 is 5.56 Å². The van der Waals surface area contributed by atoms with E-state index >= 15 is 0 Å². The molecule has 0 spiro atoms. The average molecular weight is 349 g/mol. The molecule has 5 heteroatoms. The fourth-order valence-electron chi connectivity index (χ4n) is 2.67. The first-order valence-corrected chi connectivity index (χ1v) is 8.10. The van der Waals surface area contributed by atoms with E-state index in [-0.39, 0.29) is 5.56 Å². The van der Waals surface area contributed by atoms with Crippen molar-refractivity contribution in [2.75, 3.05) is 0 Å². The van der Waals surface area contributed by atoms with Crippen LogP contribution in [0.25, 0.3) is 28.7 Å². The number of furan rings is 1. The van der Waals surface area contributed by atoms with Gasteiger partial charge in [0.05, 0.1) is 27.9 Å². The van der Waals surface area contributed by atoms with Crippen molar-refractivity contribution < 1.29 is 4.42 Å². The van der Waals surface area contributed by atoms with Gasteiger partial charge in [0, 0.05) is 0 Å². The van der Waals surface area contributed by atoms with Crippen LogP contribution in [-0.4, -0.2) is 9.55 Å². The van der Waals surface area contributed by atoms with E-state index in [1.165, 1.54) is 4.57 Å². The molecule has 0 atom stereocenters. The number of hydrogen-bond donors (Lipinski definition) is 0. The predicted molar refractivity (Wildman–Crippen MR) is 100.0 cm³/mol. The maximum atomic E-state index is 13.1. The lowest BCUT2D eigenvalue weighted by Crippen LogP contribution is -2.22. The highest BCUT2D eigenvalue weighted by molar-refractivity contribution is 6.32. The summed E-state index contributed by atoms with van der Waals surface area (Å²) in [5.41, 5.74) is 1.05. The molecular formula is C20H13ClN2O2. The highest BCUT2D eigenvalue weighted by Crippen LogP contribution is 2.21. The molecule has 0 saturated carbocycles. The highest BCUT2D eigenvalue weighted by atomic mass is 35.5. The van der Waals surface area contributed by atoms with Gasteiger partial charge in [0.2, 0.25) is 0 Å². The molecule has 2 aromatic heterocycles. The topological polar surface area (TPSA) is 48.0 Å². The fourth-order valence-corrected chi connectivity index (χ4v) is 2.89. The molecule has 4 rings (SSSR count). The van der Waals surface area contributed by atoms with Crippen molar-refractivity contribution in [2.24, 2.45) is 0 Å². The summed E-state index contributed by atoms with van der Waals surface area (Å²) in [6.07, 6.45) is 5.11. The molecule has 122 valence electrons. The van der Waals surface area contributed by atoms with Crippen LogP contribution in [0.1, 0.15) is 11.6 Å². The van der Waals surface area contributed by atoms with Gasteiger partial charge < -0.3 is 4.42 Å². The van der Waals surface area contributed by atoms with Crippen molar-refractivity contribution >= 4 is 34.7 Å². The molecule has 0 saturated heterocycles. The van der Waals surface area contributed by atoms with E-state index in [4.69, 9.17) is 16.0 Å². The Morgan fingerprint density at radius 1 is 0.960 bits per heavy atom. The summed E-state index contributed by atoms with van der Waals surface area (Å²) in [4.78, 5) is 17.7. The summed E-state index contributed by atoms with van der Waals surface area (Å²) in [7, 11) is 0. The zero-order valence-corrected chi connectivity index (χ0v) is 13.9. The van der Waals surface area contributed by atoms with Gasteiger partial charge >= 0.3 is 0 Å². The SMILES string of the molecule is O=c1c2ccccc2nc(C=Cc2ccco2)n1-c1ccccc1Cl. The molecule has 0 bridgehead atoms. The molecule has 4 nitrogen and oxygen atoms in total. The number of benzene rings is 2. The predicted octanol–water partition coefficient (Wildman–Crippen LogP) is 4.80. The number of hydrogen-bond acceptors (Lipinski definition) is 3. The van der Waals surface area contributed by atoms with E-state index < -0.39 is 0 Å². The molecule has 0 amide bonds. The zero-order chi connectivity index (χ0) is 17.2. The monoisotopic (exact) mass is 348 g/mol. The quantitative estimate of drug-likeness (QED) is 0.534. The van der Waals surface area contributed by atoms with E-state index in [9.17, 15) is 4.79 Å². The van der Waals surface area contributed by atoms with Gasteiger partial charge in [-0.05, 0) is 48.6 Å². The largest absolute Gasteiger partial charge is 0.465 e. The van der Waals surface area contributed by atoms with Gasteiger partial charge in [0.25, 0.3) is 5.56 Å². The average Bonchev–Trinajstić information content (AvgIpc) is 3.15. The maximum absolute atomic E-state index is 13.1. The molecular weight excluding hydrogens is 336 g/mol. The van der Waals surface area contributed by atoms with Gasteiger partial charge in [0.1, 0.15) is 11.6 Å². The van der Waals surface area contributed by atoms with Crippen LogP contribution in [0, 0.1) is 0 Å². The van der Waals surface area contributed by atoms with Crippen molar-refractivity contribution in [3.05, 3.63) is 93.9 Å². The Hall–Kier alpha value is -3.11. The number of fused-ring (bicyclic) bond motifs is 1. The van der Waals surface area contributed by atoms with Crippen molar-refractivity contribution in [3.63, 3.8) is 0 Å². The molecule has 25 heavy (non-hydrogen) atoms. The summed E-state index contributed by atoms with van der Waals surface area (Å²) in [5, 5.41) is 1.02. The minimum absolute atomic E-state index is 0.169. The van der Waals surface area contributed by atoms with Crippen LogP contribution in [0.4, 0.5) is 0 Å². The van der Waals surface area contributed by atoms with E-state index in [0.717, 1.165) is 0 Å². The Kier molecular flexibility index (Phi) is 3.96. The summed E-state index contributed by atoms with van der Waals surface area (Å²) < 4.78 is 6.83. The Balaban J connectivity index is 2.01. The first-order valence-electron chi connectivity index (χ1n) is 7.72. The Labute approximate surface area is 148 Å². The first kappa shape index (κ1) is 15.4. The van der Waals surface area contributed by atoms with E-state index in [1.807, 2.05) is 36.4 Å². The Bertz CT molecular complexity index is 1130. The van der Waals surface area contributed by atoms with Gasteiger partial charge in [-0.25, -0.2) is 4.98 Å². The van der Waals surface area contributed by atoms with E-state index in [0.29, 0.717) is 33.2 Å². The second-order valence-electron chi connectivity index (χ2n) is 5.43. The van der Waals surface area contributed by atoms with Crippen molar-refractivity contribution in [1.82, 2.24) is 9.55 Å². The maximum Gasteiger partial charge on any atom is 0.266 e. The number of aromatic nitrogens is 2. The standard InChI is InChI=1S/C20H13ClN2O2/c21-16-8-2-4-10-18(16)23-19(12-11-14-6-5-13-25-14)22-17-9-3-1-7-15(17)20(23)24/h1-13H.